The molecule has 0 aliphatic heterocycles. The molecule has 0 saturated carbocycles. The molecule has 0 fully saturated rings. The summed E-state index contributed by atoms with van der Waals surface area (Å²) in [5.74, 6) is 0. The standard InChI is InChI=1S/C9H8FNS/c1-6-2-3-8-7(4-6)11-9(5-10)12-8/h2-4H,5H2,1H3. The van der Waals surface area contributed by atoms with E-state index in [4.69, 9.17) is 0 Å². The molecule has 1 aromatic carbocycles. The maximum Gasteiger partial charge on any atom is 0.141 e. The van der Waals surface area contributed by atoms with Crippen LogP contribution in [-0.4, -0.2) is 4.98 Å². The van der Waals surface area contributed by atoms with Gasteiger partial charge in [-0.25, -0.2) is 9.37 Å². The minimum absolute atomic E-state index is 0.460. The van der Waals surface area contributed by atoms with Crippen LogP contribution in [0, 0.1) is 6.92 Å². The van der Waals surface area contributed by atoms with Crippen LogP contribution < -0.4 is 0 Å². The highest BCUT2D eigenvalue weighted by molar-refractivity contribution is 7.18. The minimum atomic E-state index is -0.460. The topological polar surface area (TPSA) is 12.9 Å². The fourth-order valence-corrected chi connectivity index (χ4v) is 1.94. The molecule has 0 N–H and O–H groups in total. The van der Waals surface area contributed by atoms with Crippen LogP contribution in [0.5, 0.6) is 0 Å². The molecule has 1 aromatic heterocycles. The Kier molecular flexibility index (Phi) is 1.81. The van der Waals surface area contributed by atoms with Gasteiger partial charge < -0.3 is 0 Å². The molecule has 0 spiro atoms. The Labute approximate surface area is 73.9 Å². The smallest absolute Gasteiger partial charge is 0.141 e. The van der Waals surface area contributed by atoms with E-state index in [1.807, 2.05) is 25.1 Å². The summed E-state index contributed by atoms with van der Waals surface area (Å²) >= 11 is 1.42. The largest absolute Gasteiger partial charge is 0.243 e. The van der Waals surface area contributed by atoms with E-state index < -0.39 is 6.67 Å². The predicted molar refractivity (Wildman–Crippen MR) is 49.2 cm³/mol. The molecule has 0 saturated heterocycles. The van der Waals surface area contributed by atoms with Crippen LogP contribution in [0.1, 0.15) is 10.6 Å². The van der Waals surface area contributed by atoms with Crippen molar-refractivity contribution in [3.63, 3.8) is 0 Å². The third-order valence-electron chi connectivity index (χ3n) is 1.70. The highest BCUT2D eigenvalue weighted by atomic mass is 32.1. The second-order valence-electron chi connectivity index (χ2n) is 2.71. The molecule has 62 valence electrons. The van der Waals surface area contributed by atoms with Crippen molar-refractivity contribution in [2.45, 2.75) is 13.6 Å². The van der Waals surface area contributed by atoms with E-state index in [0.29, 0.717) is 5.01 Å². The van der Waals surface area contributed by atoms with Gasteiger partial charge in [0, 0.05) is 0 Å². The van der Waals surface area contributed by atoms with Crippen LogP contribution >= 0.6 is 11.3 Å². The second-order valence-corrected chi connectivity index (χ2v) is 3.83. The lowest BCUT2D eigenvalue weighted by atomic mass is 10.2. The van der Waals surface area contributed by atoms with Crippen molar-refractivity contribution in [1.82, 2.24) is 4.98 Å². The van der Waals surface area contributed by atoms with Gasteiger partial charge in [0.05, 0.1) is 10.2 Å². The Morgan fingerprint density at radius 2 is 2.33 bits per heavy atom. The van der Waals surface area contributed by atoms with Crippen molar-refractivity contribution in [2.75, 3.05) is 0 Å². The van der Waals surface area contributed by atoms with Crippen LogP contribution in [0.3, 0.4) is 0 Å². The number of thiazole rings is 1. The summed E-state index contributed by atoms with van der Waals surface area (Å²) in [5.41, 5.74) is 2.07. The molecule has 12 heavy (non-hydrogen) atoms. The normalized spacial score (nSPS) is 10.8. The molecule has 0 aliphatic carbocycles. The van der Waals surface area contributed by atoms with Crippen molar-refractivity contribution < 1.29 is 4.39 Å². The fraction of sp³-hybridized carbons (Fsp3) is 0.222. The highest BCUT2D eigenvalue weighted by Crippen LogP contribution is 2.23. The number of hydrogen-bond acceptors (Lipinski definition) is 2. The first-order valence-corrected chi connectivity index (χ1v) is 4.53. The number of hydrogen-bond donors (Lipinski definition) is 0. The van der Waals surface area contributed by atoms with Gasteiger partial charge in [0.1, 0.15) is 11.7 Å². The lowest BCUT2D eigenvalue weighted by Gasteiger charge is -1.88. The first-order valence-electron chi connectivity index (χ1n) is 3.71. The van der Waals surface area contributed by atoms with Crippen molar-refractivity contribution in [2.24, 2.45) is 0 Å². The van der Waals surface area contributed by atoms with Gasteiger partial charge in [0.2, 0.25) is 0 Å². The van der Waals surface area contributed by atoms with Crippen LogP contribution in [-0.2, 0) is 6.67 Å². The van der Waals surface area contributed by atoms with E-state index in [0.717, 1.165) is 10.2 Å². The van der Waals surface area contributed by atoms with Crippen LogP contribution in [0.4, 0.5) is 4.39 Å². The number of benzene rings is 1. The Balaban J connectivity index is 2.67. The van der Waals surface area contributed by atoms with Gasteiger partial charge in [-0.15, -0.1) is 11.3 Å². The van der Waals surface area contributed by atoms with Gasteiger partial charge in [0.15, 0.2) is 0 Å². The molecule has 0 unspecified atom stereocenters. The molecule has 2 rings (SSSR count). The molecule has 2 aromatic rings. The van der Waals surface area contributed by atoms with E-state index in [9.17, 15) is 4.39 Å². The Bertz CT molecular complexity index is 408. The molecular formula is C9H8FNS. The molecular weight excluding hydrogens is 173 g/mol. The third kappa shape index (κ3) is 1.20. The first kappa shape index (κ1) is 7.68. The molecule has 1 nitrogen and oxygen atoms in total. The summed E-state index contributed by atoms with van der Waals surface area (Å²) in [6, 6.07) is 5.98. The van der Waals surface area contributed by atoms with Gasteiger partial charge in [-0.3, -0.25) is 0 Å². The minimum Gasteiger partial charge on any atom is -0.243 e. The van der Waals surface area contributed by atoms with Crippen molar-refractivity contribution in [1.29, 1.82) is 0 Å². The van der Waals surface area contributed by atoms with E-state index in [1.165, 1.54) is 16.9 Å². The number of halogens is 1. The Morgan fingerprint density at radius 3 is 3.08 bits per heavy atom. The zero-order chi connectivity index (χ0) is 8.55. The van der Waals surface area contributed by atoms with Gasteiger partial charge >= 0.3 is 0 Å². The Morgan fingerprint density at radius 1 is 1.50 bits per heavy atom. The van der Waals surface area contributed by atoms with E-state index >= 15 is 0 Å². The molecule has 0 radical (unpaired) electrons. The summed E-state index contributed by atoms with van der Waals surface area (Å²) in [7, 11) is 0. The fourth-order valence-electron chi connectivity index (χ4n) is 1.14. The lowest BCUT2D eigenvalue weighted by Crippen LogP contribution is -1.74. The third-order valence-corrected chi connectivity index (χ3v) is 2.70. The maximum atomic E-state index is 12.2. The SMILES string of the molecule is Cc1ccc2sc(CF)nc2c1. The summed E-state index contributed by atoms with van der Waals surface area (Å²) in [5, 5.41) is 0.565. The lowest BCUT2D eigenvalue weighted by molar-refractivity contribution is 0.484. The molecule has 0 bridgehead atoms. The number of rotatable bonds is 1. The first-order chi connectivity index (χ1) is 5.79. The quantitative estimate of drug-likeness (QED) is 0.658. The predicted octanol–water partition coefficient (Wildman–Crippen LogP) is 3.07. The van der Waals surface area contributed by atoms with Crippen molar-refractivity contribution in [3.8, 4) is 0 Å². The number of aromatic nitrogens is 1. The van der Waals surface area contributed by atoms with E-state index in [2.05, 4.69) is 4.98 Å². The summed E-state index contributed by atoms with van der Waals surface area (Å²) in [6.45, 7) is 1.55. The monoisotopic (exact) mass is 181 g/mol. The van der Waals surface area contributed by atoms with Crippen molar-refractivity contribution in [3.05, 3.63) is 28.8 Å². The van der Waals surface area contributed by atoms with Crippen LogP contribution in [0.25, 0.3) is 10.2 Å². The average Bonchev–Trinajstić information content (AvgIpc) is 2.46. The van der Waals surface area contributed by atoms with E-state index in [1.54, 1.807) is 0 Å². The molecule has 0 aliphatic rings. The van der Waals surface area contributed by atoms with Gasteiger partial charge in [-0.1, -0.05) is 6.07 Å². The van der Waals surface area contributed by atoms with Gasteiger partial charge in [-0.05, 0) is 24.6 Å². The molecule has 0 atom stereocenters. The molecule has 1 heterocycles. The number of fused-ring (bicyclic) bond motifs is 1. The Hall–Kier alpha value is -0.960. The summed E-state index contributed by atoms with van der Waals surface area (Å²) < 4.78 is 13.3. The van der Waals surface area contributed by atoms with E-state index in [-0.39, 0.29) is 0 Å². The summed E-state index contributed by atoms with van der Waals surface area (Å²) in [4.78, 5) is 4.14. The number of aryl methyl sites for hydroxylation is 1. The summed E-state index contributed by atoms with van der Waals surface area (Å²) in [6.07, 6.45) is 0. The maximum absolute atomic E-state index is 12.2. The average molecular weight is 181 g/mol. The second kappa shape index (κ2) is 2.83. The van der Waals surface area contributed by atoms with Gasteiger partial charge in [-0.2, -0.15) is 0 Å². The number of nitrogens with zero attached hydrogens (tertiary/aromatic N) is 1. The highest BCUT2D eigenvalue weighted by Gasteiger charge is 2.02. The van der Waals surface area contributed by atoms with Gasteiger partial charge in [0.25, 0.3) is 0 Å². The zero-order valence-corrected chi connectivity index (χ0v) is 7.49. The van der Waals surface area contributed by atoms with Crippen LogP contribution in [0.2, 0.25) is 0 Å². The van der Waals surface area contributed by atoms with Crippen LogP contribution in [0.15, 0.2) is 18.2 Å². The molecule has 3 heteroatoms. The van der Waals surface area contributed by atoms with Crippen molar-refractivity contribution >= 4 is 21.6 Å². The number of alkyl halides is 1. The molecule has 0 amide bonds. The zero-order valence-electron chi connectivity index (χ0n) is 6.67.